The van der Waals surface area contributed by atoms with E-state index in [1.54, 1.807) is 0 Å². The highest BCUT2D eigenvalue weighted by Gasteiger charge is 2.04. The van der Waals surface area contributed by atoms with Gasteiger partial charge in [0.15, 0.2) is 0 Å². The van der Waals surface area contributed by atoms with Crippen molar-refractivity contribution in [3.63, 3.8) is 0 Å². The molecule has 0 amide bonds. The highest BCUT2D eigenvalue weighted by Crippen LogP contribution is 2.19. The number of hydrogen-bond acceptors (Lipinski definition) is 0. The second kappa shape index (κ2) is 5.52. The fourth-order valence-electron chi connectivity index (χ4n) is 1.25. The highest BCUT2D eigenvalue weighted by atomic mass is 14.1. The van der Waals surface area contributed by atoms with Gasteiger partial charge in [-0.05, 0) is 25.7 Å². The van der Waals surface area contributed by atoms with Crippen molar-refractivity contribution in [1.82, 2.24) is 0 Å². The molecular formula is C10H20. The van der Waals surface area contributed by atoms with Crippen LogP contribution in [0.2, 0.25) is 0 Å². The maximum atomic E-state index is 3.98. The Morgan fingerprint density at radius 2 is 2.00 bits per heavy atom. The minimum Gasteiger partial charge on any atom is -0.0999 e. The summed E-state index contributed by atoms with van der Waals surface area (Å²) in [5, 5.41) is 0. The number of unbranched alkanes of at least 4 members (excludes halogenated alkanes) is 1. The summed E-state index contributed by atoms with van der Waals surface area (Å²) >= 11 is 0. The quantitative estimate of drug-likeness (QED) is 0.510. The molecule has 0 aromatic heterocycles. The number of rotatable bonds is 5. The predicted molar refractivity (Wildman–Crippen MR) is 48.1 cm³/mol. The van der Waals surface area contributed by atoms with Crippen molar-refractivity contribution < 1.29 is 0 Å². The first-order valence-electron chi connectivity index (χ1n) is 4.37. The summed E-state index contributed by atoms with van der Waals surface area (Å²) in [4.78, 5) is 0. The van der Waals surface area contributed by atoms with E-state index in [1.165, 1.54) is 31.3 Å². The van der Waals surface area contributed by atoms with Crippen molar-refractivity contribution >= 4 is 0 Å². The fraction of sp³-hybridized carbons (Fsp3) is 0.800. The molecule has 0 bridgehead atoms. The standard InChI is InChI=1S/C10H20/c1-5-7-8-10(6-2)9(3)4/h10H,3,5-8H2,1-2,4H3/t10-/m1/s1. The molecule has 0 nitrogen and oxygen atoms in total. The zero-order valence-corrected chi connectivity index (χ0v) is 7.61. The lowest BCUT2D eigenvalue weighted by Crippen LogP contribution is -1.98. The van der Waals surface area contributed by atoms with Gasteiger partial charge in [0.2, 0.25) is 0 Å². The topological polar surface area (TPSA) is 0 Å². The van der Waals surface area contributed by atoms with E-state index >= 15 is 0 Å². The summed E-state index contributed by atoms with van der Waals surface area (Å²) in [6.45, 7) is 10.6. The zero-order valence-electron chi connectivity index (χ0n) is 7.61. The Hall–Kier alpha value is -0.260. The Bertz CT molecular complexity index is 92.2. The predicted octanol–water partition coefficient (Wildman–Crippen LogP) is 3.78. The van der Waals surface area contributed by atoms with E-state index in [9.17, 15) is 0 Å². The van der Waals surface area contributed by atoms with Crippen LogP contribution in [0.3, 0.4) is 0 Å². The van der Waals surface area contributed by atoms with Crippen LogP contribution in [0.1, 0.15) is 46.5 Å². The van der Waals surface area contributed by atoms with Crippen LogP contribution in [0.5, 0.6) is 0 Å². The van der Waals surface area contributed by atoms with Gasteiger partial charge in [-0.2, -0.15) is 0 Å². The largest absolute Gasteiger partial charge is 0.0999 e. The highest BCUT2D eigenvalue weighted by molar-refractivity contribution is 4.94. The monoisotopic (exact) mass is 140 g/mol. The van der Waals surface area contributed by atoms with Crippen LogP contribution in [-0.2, 0) is 0 Å². The minimum atomic E-state index is 0.778. The fourth-order valence-corrected chi connectivity index (χ4v) is 1.25. The van der Waals surface area contributed by atoms with Gasteiger partial charge in [0.1, 0.15) is 0 Å². The third-order valence-electron chi connectivity index (χ3n) is 2.10. The van der Waals surface area contributed by atoms with E-state index in [0.29, 0.717) is 0 Å². The van der Waals surface area contributed by atoms with E-state index < -0.39 is 0 Å². The Balaban J connectivity index is 3.50. The molecule has 0 aliphatic carbocycles. The van der Waals surface area contributed by atoms with Gasteiger partial charge >= 0.3 is 0 Å². The van der Waals surface area contributed by atoms with Gasteiger partial charge in [0.05, 0.1) is 0 Å². The van der Waals surface area contributed by atoms with Gasteiger partial charge in [-0.1, -0.05) is 38.8 Å². The normalized spacial score (nSPS) is 13.1. The van der Waals surface area contributed by atoms with Gasteiger partial charge in [-0.25, -0.2) is 0 Å². The van der Waals surface area contributed by atoms with Crippen LogP contribution in [0.25, 0.3) is 0 Å². The number of hydrogen-bond donors (Lipinski definition) is 0. The van der Waals surface area contributed by atoms with Gasteiger partial charge < -0.3 is 0 Å². The van der Waals surface area contributed by atoms with E-state index in [0.717, 1.165) is 5.92 Å². The molecule has 0 radical (unpaired) electrons. The van der Waals surface area contributed by atoms with Crippen molar-refractivity contribution in [2.24, 2.45) is 5.92 Å². The lowest BCUT2D eigenvalue weighted by Gasteiger charge is -2.13. The molecule has 60 valence electrons. The van der Waals surface area contributed by atoms with E-state index in [1.807, 2.05) is 0 Å². The average Bonchev–Trinajstić information content (AvgIpc) is 1.89. The molecule has 10 heavy (non-hydrogen) atoms. The van der Waals surface area contributed by atoms with Crippen molar-refractivity contribution in [2.45, 2.75) is 46.5 Å². The van der Waals surface area contributed by atoms with E-state index in [4.69, 9.17) is 0 Å². The van der Waals surface area contributed by atoms with E-state index in [2.05, 4.69) is 27.4 Å². The van der Waals surface area contributed by atoms with Crippen molar-refractivity contribution in [1.29, 1.82) is 0 Å². The van der Waals surface area contributed by atoms with Gasteiger partial charge in [0, 0.05) is 0 Å². The lowest BCUT2D eigenvalue weighted by atomic mass is 9.93. The SMILES string of the molecule is C=C(C)[C@H](CC)CCCC. The molecule has 0 aliphatic rings. The molecular weight excluding hydrogens is 120 g/mol. The smallest absolute Gasteiger partial charge is 0.0211 e. The third kappa shape index (κ3) is 3.71. The van der Waals surface area contributed by atoms with Gasteiger partial charge in [-0.15, -0.1) is 0 Å². The second-order valence-electron chi connectivity index (χ2n) is 3.09. The molecule has 0 rings (SSSR count). The van der Waals surface area contributed by atoms with Crippen LogP contribution < -0.4 is 0 Å². The molecule has 0 saturated carbocycles. The average molecular weight is 140 g/mol. The zero-order chi connectivity index (χ0) is 7.98. The van der Waals surface area contributed by atoms with Gasteiger partial charge in [-0.3, -0.25) is 0 Å². The molecule has 0 saturated heterocycles. The lowest BCUT2D eigenvalue weighted by molar-refractivity contribution is 0.516. The van der Waals surface area contributed by atoms with Gasteiger partial charge in [0.25, 0.3) is 0 Å². The first kappa shape index (κ1) is 9.74. The Labute approximate surface area is 65.3 Å². The van der Waals surface area contributed by atoms with Crippen molar-refractivity contribution in [2.75, 3.05) is 0 Å². The van der Waals surface area contributed by atoms with Crippen LogP contribution >= 0.6 is 0 Å². The van der Waals surface area contributed by atoms with Crippen molar-refractivity contribution in [3.8, 4) is 0 Å². The molecule has 0 aromatic carbocycles. The molecule has 0 aliphatic heterocycles. The van der Waals surface area contributed by atoms with Crippen LogP contribution in [0, 0.1) is 5.92 Å². The maximum Gasteiger partial charge on any atom is -0.0211 e. The Morgan fingerprint density at radius 1 is 1.40 bits per heavy atom. The molecule has 0 spiro atoms. The number of allylic oxidation sites excluding steroid dienone is 1. The first-order chi connectivity index (χ1) is 4.72. The van der Waals surface area contributed by atoms with E-state index in [-0.39, 0.29) is 0 Å². The third-order valence-corrected chi connectivity index (χ3v) is 2.10. The summed E-state index contributed by atoms with van der Waals surface area (Å²) in [7, 11) is 0. The summed E-state index contributed by atoms with van der Waals surface area (Å²) < 4.78 is 0. The molecule has 0 unspecified atom stereocenters. The molecule has 0 fully saturated rings. The molecule has 0 aromatic rings. The molecule has 0 heterocycles. The molecule has 1 atom stereocenters. The van der Waals surface area contributed by atoms with Crippen LogP contribution in [0.15, 0.2) is 12.2 Å². The van der Waals surface area contributed by atoms with Crippen LogP contribution in [-0.4, -0.2) is 0 Å². The second-order valence-corrected chi connectivity index (χ2v) is 3.09. The summed E-state index contributed by atoms with van der Waals surface area (Å²) in [6, 6.07) is 0. The summed E-state index contributed by atoms with van der Waals surface area (Å²) in [6.07, 6.45) is 5.26. The maximum absolute atomic E-state index is 3.98. The summed E-state index contributed by atoms with van der Waals surface area (Å²) in [5.74, 6) is 0.778. The first-order valence-corrected chi connectivity index (χ1v) is 4.37. The Kier molecular flexibility index (Phi) is 5.38. The Morgan fingerprint density at radius 3 is 2.30 bits per heavy atom. The minimum absolute atomic E-state index is 0.778. The summed E-state index contributed by atoms with van der Waals surface area (Å²) in [5.41, 5.74) is 1.36. The van der Waals surface area contributed by atoms with Crippen molar-refractivity contribution in [3.05, 3.63) is 12.2 Å². The van der Waals surface area contributed by atoms with Crippen LogP contribution in [0.4, 0.5) is 0 Å². The molecule has 0 heteroatoms. The molecule has 0 N–H and O–H groups in total.